The number of carbonyl (C=O) groups excluding carboxylic acids is 2. The second-order valence-corrected chi connectivity index (χ2v) is 5.03. The molecule has 0 bridgehead atoms. The molecule has 0 N–H and O–H groups in total. The second kappa shape index (κ2) is 5.06. The van der Waals surface area contributed by atoms with E-state index >= 15 is 0 Å². The molecule has 1 aliphatic rings. The molecule has 5 heteroatoms. The number of halogens is 1. The SMILES string of the molecule is CCc1cc(C(=O)N2CC(C)CC2=O)cc(Cl)n1. The van der Waals surface area contributed by atoms with Crippen LogP contribution in [0.25, 0.3) is 0 Å². The molecule has 1 fully saturated rings. The second-order valence-electron chi connectivity index (χ2n) is 4.64. The van der Waals surface area contributed by atoms with Gasteiger partial charge in [0.05, 0.1) is 0 Å². The van der Waals surface area contributed by atoms with Gasteiger partial charge in [0, 0.05) is 24.2 Å². The van der Waals surface area contributed by atoms with Crippen molar-refractivity contribution in [3.8, 4) is 0 Å². The third-order valence-electron chi connectivity index (χ3n) is 3.02. The smallest absolute Gasteiger partial charge is 0.260 e. The van der Waals surface area contributed by atoms with Gasteiger partial charge in [-0.05, 0) is 24.5 Å². The molecule has 2 heterocycles. The van der Waals surface area contributed by atoms with E-state index in [1.165, 1.54) is 11.0 Å². The molecule has 0 aliphatic carbocycles. The van der Waals surface area contributed by atoms with Crippen molar-refractivity contribution in [3.05, 3.63) is 28.5 Å². The van der Waals surface area contributed by atoms with Crippen molar-refractivity contribution >= 4 is 23.4 Å². The maximum atomic E-state index is 12.2. The number of nitrogens with zero attached hydrogens (tertiary/aromatic N) is 2. The molecule has 1 unspecified atom stereocenters. The Morgan fingerprint density at radius 2 is 2.28 bits per heavy atom. The largest absolute Gasteiger partial charge is 0.278 e. The summed E-state index contributed by atoms with van der Waals surface area (Å²) >= 11 is 5.88. The summed E-state index contributed by atoms with van der Waals surface area (Å²) in [6.45, 7) is 4.39. The zero-order valence-corrected chi connectivity index (χ0v) is 11.2. The van der Waals surface area contributed by atoms with Crippen LogP contribution in [0.1, 0.15) is 36.3 Å². The quantitative estimate of drug-likeness (QED) is 0.610. The molecule has 1 aliphatic heterocycles. The summed E-state index contributed by atoms with van der Waals surface area (Å²) in [4.78, 5) is 29.3. The molecule has 0 radical (unpaired) electrons. The summed E-state index contributed by atoms with van der Waals surface area (Å²) < 4.78 is 0. The average Bonchev–Trinajstić information content (AvgIpc) is 2.66. The first-order valence-electron chi connectivity index (χ1n) is 6.02. The Labute approximate surface area is 111 Å². The zero-order chi connectivity index (χ0) is 13.3. The number of hydrogen-bond acceptors (Lipinski definition) is 3. The minimum absolute atomic E-state index is 0.113. The molecule has 0 spiro atoms. The predicted octanol–water partition coefficient (Wildman–Crippen LogP) is 2.31. The summed E-state index contributed by atoms with van der Waals surface area (Å²) in [5, 5.41) is 0.289. The number of aryl methyl sites for hydroxylation is 1. The van der Waals surface area contributed by atoms with Crippen molar-refractivity contribution in [2.24, 2.45) is 5.92 Å². The molecule has 96 valence electrons. The van der Waals surface area contributed by atoms with Gasteiger partial charge in [-0.25, -0.2) is 4.98 Å². The number of amides is 2. The van der Waals surface area contributed by atoms with Crippen LogP contribution < -0.4 is 0 Å². The molecular weight excluding hydrogens is 252 g/mol. The monoisotopic (exact) mass is 266 g/mol. The van der Waals surface area contributed by atoms with Crippen LogP contribution in [0.2, 0.25) is 5.15 Å². The molecule has 0 saturated carbocycles. The Morgan fingerprint density at radius 1 is 1.56 bits per heavy atom. The minimum atomic E-state index is -0.275. The topological polar surface area (TPSA) is 50.3 Å². The predicted molar refractivity (Wildman–Crippen MR) is 68.4 cm³/mol. The van der Waals surface area contributed by atoms with Gasteiger partial charge in [0.15, 0.2) is 0 Å². The standard InChI is InChI=1S/C13H15ClN2O2/c1-3-10-5-9(6-11(14)15-10)13(18)16-7-8(2)4-12(16)17/h5-6,8H,3-4,7H2,1-2H3. The van der Waals surface area contributed by atoms with E-state index in [-0.39, 0.29) is 22.9 Å². The molecule has 2 amide bonds. The van der Waals surface area contributed by atoms with E-state index in [2.05, 4.69) is 4.98 Å². The van der Waals surface area contributed by atoms with Crippen LogP contribution >= 0.6 is 11.6 Å². The summed E-state index contributed by atoms with van der Waals surface area (Å²) in [6.07, 6.45) is 1.14. The zero-order valence-electron chi connectivity index (χ0n) is 10.4. The molecule has 1 aromatic rings. The number of hydrogen-bond donors (Lipinski definition) is 0. The Bertz CT molecular complexity index is 502. The van der Waals surface area contributed by atoms with Crippen LogP contribution in [0.5, 0.6) is 0 Å². The van der Waals surface area contributed by atoms with E-state index in [1.54, 1.807) is 6.07 Å². The van der Waals surface area contributed by atoms with Gasteiger partial charge in [0.2, 0.25) is 5.91 Å². The number of carbonyl (C=O) groups is 2. The lowest BCUT2D eigenvalue weighted by atomic mass is 10.1. The van der Waals surface area contributed by atoms with Gasteiger partial charge in [-0.1, -0.05) is 25.4 Å². The van der Waals surface area contributed by atoms with Gasteiger partial charge < -0.3 is 0 Å². The first-order chi connectivity index (χ1) is 8.51. The highest BCUT2D eigenvalue weighted by atomic mass is 35.5. The Morgan fingerprint density at radius 3 is 2.83 bits per heavy atom. The fraction of sp³-hybridized carbons (Fsp3) is 0.462. The molecule has 1 saturated heterocycles. The van der Waals surface area contributed by atoms with Gasteiger partial charge >= 0.3 is 0 Å². The van der Waals surface area contributed by atoms with Crippen LogP contribution in [0.15, 0.2) is 12.1 Å². The summed E-state index contributed by atoms with van der Waals surface area (Å²) in [7, 11) is 0. The number of pyridine rings is 1. The number of rotatable bonds is 2. The van der Waals surface area contributed by atoms with Crippen LogP contribution in [-0.2, 0) is 11.2 Å². The van der Waals surface area contributed by atoms with E-state index in [1.807, 2.05) is 13.8 Å². The first-order valence-corrected chi connectivity index (χ1v) is 6.40. The van der Waals surface area contributed by atoms with Gasteiger partial charge in [0.1, 0.15) is 5.15 Å². The average molecular weight is 267 g/mol. The maximum Gasteiger partial charge on any atom is 0.260 e. The van der Waals surface area contributed by atoms with Crippen molar-refractivity contribution in [1.29, 1.82) is 0 Å². The fourth-order valence-corrected chi connectivity index (χ4v) is 2.32. The molecule has 4 nitrogen and oxygen atoms in total. The lowest BCUT2D eigenvalue weighted by Gasteiger charge is -2.14. The van der Waals surface area contributed by atoms with Crippen LogP contribution in [0.4, 0.5) is 0 Å². The van der Waals surface area contributed by atoms with Crippen molar-refractivity contribution in [1.82, 2.24) is 9.88 Å². The Balaban J connectivity index is 2.28. The van der Waals surface area contributed by atoms with Crippen molar-refractivity contribution in [2.45, 2.75) is 26.7 Å². The number of aromatic nitrogens is 1. The van der Waals surface area contributed by atoms with E-state index in [0.717, 1.165) is 5.69 Å². The lowest BCUT2D eigenvalue weighted by Crippen LogP contribution is -2.32. The van der Waals surface area contributed by atoms with Crippen LogP contribution in [0.3, 0.4) is 0 Å². The van der Waals surface area contributed by atoms with Crippen molar-refractivity contribution in [2.75, 3.05) is 6.54 Å². The normalized spacial score (nSPS) is 19.4. The Hall–Kier alpha value is -1.42. The highest BCUT2D eigenvalue weighted by Crippen LogP contribution is 2.21. The van der Waals surface area contributed by atoms with E-state index in [0.29, 0.717) is 24.9 Å². The van der Waals surface area contributed by atoms with Gasteiger partial charge in [-0.2, -0.15) is 0 Å². The minimum Gasteiger partial charge on any atom is -0.278 e. The van der Waals surface area contributed by atoms with E-state index < -0.39 is 0 Å². The summed E-state index contributed by atoms with van der Waals surface area (Å²) in [6, 6.07) is 3.21. The van der Waals surface area contributed by atoms with Gasteiger partial charge in [0.25, 0.3) is 5.91 Å². The highest BCUT2D eigenvalue weighted by Gasteiger charge is 2.32. The molecule has 18 heavy (non-hydrogen) atoms. The summed E-state index contributed by atoms with van der Waals surface area (Å²) in [5.74, 6) is -0.161. The first kappa shape index (κ1) is 13.0. The van der Waals surface area contributed by atoms with Gasteiger partial charge in [-0.3, -0.25) is 14.5 Å². The van der Waals surface area contributed by atoms with Crippen molar-refractivity contribution < 1.29 is 9.59 Å². The van der Waals surface area contributed by atoms with Crippen LogP contribution in [-0.4, -0.2) is 28.2 Å². The Kier molecular flexibility index (Phi) is 3.66. The van der Waals surface area contributed by atoms with E-state index in [4.69, 9.17) is 11.6 Å². The maximum absolute atomic E-state index is 12.2. The van der Waals surface area contributed by atoms with Crippen molar-refractivity contribution in [3.63, 3.8) is 0 Å². The third kappa shape index (κ3) is 2.53. The number of imide groups is 1. The molecule has 1 aromatic heterocycles. The molecule has 1 atom stereocenters. The lowest BCUT2D eigenvalue weighted by molar-refractivity contribution is -0.125. The molecule has 0 aromatic carbocycles. The molecule has 2 rings (SSSR count). The fourth-order valence-electron chi connectivity index (χ4n) is 2.09. The summed E-state index contributed by atoms with van der Waals surface area (Å²) in [5.41, 5.74) is 1.19. The number of likely N-dealkylation sites (tertiary alicyclic amines) is 1. The van der Waals surface area contributed by atoms with Gasteiger partial charge in [-0.15, -0.1) is 0 Å². The third-order valence-corrected chi connectivity index (χ3v) is 3.21. The highest BCUT2D eigenvalue weighted by molar-refractivity contribution is 6.29. The van der Waals surface area contributed by atoms with E-state index in [9.17, 15) is 9.59 Å². The molecular formula is C13H15ClN2O2. The van der Waals surface area contributed by atoms with Crippen LogP contribution in [0, 0.1) is 5.92 Å².